The van der Waals surface area contributed by atoms with Crippen LogP contribution in [0.3, 0.4) is 0 Å². The van der Waals surface area contributed by atoms with Gasteiger partial charge in [-0.3, -0.25) is 9.59 Å². The minimum absolute atomic E-state index is 0.567. The fourth-order valence-corrected chi connectivity index (χ4v) is 3.74. The SMILES string of the molecule is COC(=O)C1(C(=O)OC)C(c2cccc3ccccc23)C1(C#N)C#N. The van der Waals surface area contributed by atoms with E-state index in [1.54, 1.807) is 12.1 Å². The first kappa shape index (κ1) is 16.5. The Bertz CT molecular complexity index is 932. The van der Waals surface area contributed by atoms with Crippen LogP contribution < -0.4 is 0 Å². The smallest absolute Gasteiger partial charge is 0.326 e. The van der Waals surface area contributed by atoms with E-state index < -0.39 is 28.7 Å². The third-order valence-electron chi connectivity index (χ3n) is 4.91. The number of hydrogen-bond acceptors (Lipinski definition) is 6. The Hall–Kier alpha value is -3.38. The van der Waals surface area contributed by atoms with E-state index >= 15 is 0 Å². The maximum Gasteiger partial charge on any atom is 0.326 e. The quantitative estimate of drug-likeness (QED) is 0.630. The summed E-state index contributed by atoms with van der Waals surface area (Å²) in [4.78, 5) is 25.0. The molecule has 0 N–H and O–H groups in total. The number of ether oxygens (including phenoxy) is 2. The van der Waals surface area contributed by atoms with Crippen molar-refractivity contribution in [3.63, 3.8) is 0 Å². The molecule has 0 heterocycles. The Balaban J connectivity index is 2.34. The van der Waals surface area contributed by atoms with Crippen molar-refractivity contribution in [2.45, 2.75) is 5.92 Å². The Morgan fingerprint density at radius 3 is 2.08 bits per heavy atom. The van der Waals surface area contributed by atoms with Gasteiger partial charge in [0.25, 0.3) is 0 Å². The van der Waals surface area contributed by atoms with Crippen LogP contribution in [0.2, 0.25) is 0 Å². The van der Waals surface area contributed by atoms with Crippen LogP contribution in [0.25, 0.3) is 10.8 Å². The van der Waals surface area contributed by atoms with E-state index in [4.69, 9.17) is 9.47 Å². The second-order valence-corrected chi connectivity index (χ2v) is 5.82. The third-order valence-corrected chi connectivity index (χ3v) is 4.91. The standard InChI is InChI=1S/C19H14N2O4/c1-24-16(22)19(17(23)25-2)15(18(19,10-20)11-21)14-9-5-7-12-6-3-4-8-13(12)14/h3-9,15H,1-2H3. The van der Waals surface area contributed by atoms with E-state index in [1.165, 1.54) is 0 Å². The molecule has 0 amide bonds. The Morgan fingerprint density at radius 2 is 1.52 bits per heavy atom. The summed E-state index contributed by atoms with van der Waals surface area (Å²) in [6, 6.07) is 16.5. The van der Waals surface area contributed by atoms with Crippen LogP contribution in [0.15, 0.2) is 42.5 Å². The molecule has 0 spiro atoms. The molecular formula is C19H14N2O4. The molecule has 6 nitrogen and oxygen atoms in total. The summed E-state index contributed by atoms with van der Waals surface area (Å²) in [6.07, 6.45) is 0. The van der Waals surface area contributed by atoms with Gasteiger partial charge in [0.2, 0.25) is 5.41 Å². The van der Waals surface area contributed by atoms with Crippen molar-refractivity contribution in [1.82, 2.24) is 0 Å². The number of nitrogens with zero attached hydrogens (tertiary/aromatic N) is 2. The van der Waals surface area contributed by atoms with Crippen molar-refractivity contribution in [3.05, 3.63) is 48.0 Å². The van der Waals surface area contributed by atoms with Gasteiger partial charge in [0.05, 0.1) is 26.4 Å². The second-order valence-electron chi connectivity index (χ2n) is 5.82. The molecule has 0 radical (unpaired) electrons. The number of benzene rings is 2. The van der Waals surface area contributed by atoms with Gasteiger partial charge >= 0.3 is 11.9 Å². The number of carbonyl (C=O) groups is 2. The molecule has 1 atom stereocenters. The van der Waals surface area contributed by atoms with Gasteiger partial charge in [0, 0.05) is 5.92 Å². The molecule has 2 aromatic rings. The van der Waals surface area contributed by atoms with Crippen LogP contribution in [-0.2, 0) is 19.1 Å². The van der Waals surface area contributed by atoms with Crippen LogP contribution >= 0.6 is 0 Å². The topological polar surface area (TPSA) is 100 Å². The van der Waals surface area contributed by atoms with Crippen molar-refractivity contribution < 1.29 is 19.1 Å². The van der Waals surface area contributed by atoms with Gasteiger partial charge in [-0.15, -0.1) is 0 Å². The van der Waals surface area contributed by atoms with Gasteiger partial charge < -0.3 is 9.47 Å². The van der Waals surface area contributed by atoms with E-state index in [2.05, 4.69) is 0 Å². The average Bonchev–Trinajstić information content (AvgIpc) is 3.30. The molecule has 124 valence electrons. The zero-order chi connectivity index (χ0) is 18.2. The van der Waals surface area contributed by atoms with Crippen molar-refractivity contribution in [2.75, 3.05) is 14.2 Å². The molecule has 6 heteroatoms. The molecule has 1 unspecified atom stereocenters. The molecule has 1 fully saturated rings. The number of nitriles is 2. The van der Waals surface area contributed by atoms with E-state index in [9.17, 15) is 20.1 Å². The lowest BCUT2D eigenvalue weighted by atomic mass is 9.94. The van der Waals surface area contributed by atoms with Crippen LogP contribution in [-0.4, -0.2) is 26.2 Å². The highest BCUT2D eigenvalue weighted by Crippen LogP contribution is 2.75. The molecule has 2 aromatic carbocycles. The summed E-state index contributed by atoms with van der Waals surface area (Å²) in [7, 11) is 2.23. The van der Waals surface area contributed by atoms with Gasteiger partial charge in [-0.25, -0.2) is 0 Å². The molecule has 1 aliphatic carbocycles. The summed E-state index contributed by atoms with van der Waals surface area (Å²) in [6.45, 7) is 0. The first-order chi connectivity index (χ1) is 12.0. The Labute approximate surface area is 144 Å². The van der Waals surface area contributed by atoms with Gasteiger partial charge in [0.1, 0.15) is 0 Å². The lowest BCUT2D eigenvalue weighted by molar-refractivity contribution is -0.162. The highest BCUT2D eigenvalue weighted by molar-refractivity contribution is 6.10. The molecule has 0 aromatic heterocycles. The fourth-order valence-electron chi connectivity index (χ4n) is 3.74. The van der Waals surface area contributed by atoms with E-state index in [0.717, 1.165) is 25.0 Å². The number of hydrogen-bond donors (Lipinski definition) is 0. The molecule has 0 saturated heterocycles. The first-order valence-electron chi connectivity index (χ1n) is 7.52. The highest BCUT2D eigenvalue weighted by Gasteiger charge is 2.89. The van der Waals surface area contributed by atoms with E-state index in [1.807, 2.05) is 42.5 Å². The minimum Gasteiger partial charge on any atom is -0.468 e. The second kappa shape index (κ2) is 5.61. The van der Waals surface area contributed by atoms with E-state index in [-0.39, 0.29) is 0 Å². The number of rotatable bonds is 3. The van der Waals surface area contributed by atoms with Crippen LogP contribution in [0.5, 0.6) is 0 Å². The van der Waals surface area contributed by atoms with Gasteiger partial charge in [-0.05, 0) is 16.3 Å². The molecule has 1 saturated carbocycles. The molecular weight excluding hydrogens is 320 g/mol. The van der Waals surface area contributed by atoms with Gasteiger partial charge in [-0.2, -0.15) is 10.5 Å². The fraction of sp³-hybridized carbons (Fsp3) is 0.263. The molecule has 1 aliphatic rings. The predicted octanol–water partition coefficient (Wildman–Crippen LogP) is 2.30. The van der Waals surface area contributed by atoms with Gasteiger partial charge in [0.15, 0.2) is 5.41 Å². The predicted molar refractivity (Wildman–Crippen MR) is 86.8 cm³/mol. The van der Waals surface area contributed by atoms with Gasteiger partial charge in [-0.1, -0.05) is 42.5 Å². The summed E-state index contributed by atoms with van der Waals surface area (Å²) in [5, 5.41) is 21.0. The lowest BCUT2D eigenvalue weighted by Crippen LogP contribution is -2.34. The van der Waals surface area contributed by atoms with Crippen molar-refractivity contribution in [3.8, 4) is 12.1 Å². The number of fused-ring (bicyclic) bond motifs is 1. The average molecular weight is 334 g/mol. The number of methoxy groups -OCH3 is 2. The summed E-state index contributed by atoms with van der Waals surface area (Å²) < 4.78 is 9.56. The molecule has 25 heavy (non-hydrogen) atoms. The normalized spacial score (nSPS) is 19.3. The maximum atomic E-state index is 12.5. The Morgan fingerprint density at radius 1 is 0.960 bits per heavy atom. The van der Waals surface area contributed by atoms with E-state index in [0.29, 0.717) is 5.56 Å². The van der Waals surface area contributed by atoms with Crippen molar-refractivity contribution in [1.29, 1.82) is 10.5 Å². The lowest BCUT2D eigenvalue weighted by Gasteiger charge is -2.13. The molecule has 0 aliphatic heterocycles. The van der Waals surface area contributed by atoms with Crippen LogP contribution in [0, 0.1) is 33.5 Å². The minimum atomic E-state index is -2.00. The highest BCUT2D eigenvalue weighted by atomic mass is 16.5. The summed E-state index contributed by atoms with van der Waals surface area (Å²) >= 11 is 0. The molecule has 0 bridgehead atoms. The largest absolute Gasteiger partial charge is 0.468 e. The third kappa shape index (κ3) is 1.82. The van der Waals surface area contributed by atoms with Crippen LogP contribution in [0.1, 0.15) is 11.5 Å². The Kier molecular flexibility index (Phi) is 3.70. The zero-order valence-electron chi connectivity index (χ0n) is 13.6. The monoisotopic (exact) mass is 334 g/mol. The number of carbonyl (C=O) groups excluding carboxylic acids is 2. The summed E-state index contributed by atoms with van der Waals surface area (Å²) in [5.41, 5.74) is -3.31. The summed E-state index contributed by atoms with van der Waals surface area (Å²) in [5.74, 6) is -2.86. The van der Waals surface area contributed by atoms with Crippen molar-refractivity contribution in [2.24, 2.45) is 10.8 Å². The van der Waals surface area contributed by atoms with Crippen LogP contribution in [0.4, 0.5) is 0 Å². The van der Waals surface area contributed by atoms with Crippen molar-refractivity contribution >= 4 is 22.7 Å². The molecule has 3 rings (SSSR count). The maximum absolute atomic E-state index is 12.5. The number of esters is 2. The first-order valence-corrected chi connectivity index (χ1v) is 7.52. The zero-order valence-corrected chi connectivity index (χ0v) is 13.6.